The molecule has 2 aromatic rings. The largest absolute Gasteiger partial charge is 0.497 e. The van der Waals surface area contributed by atoms with E-state index in [0.29, 0.717) is 18.8 Å². The molecule has 0 bridgehead atoms. The highest BCUT2D eigenvalue weighted by Crippen LogP contribution is 2.25. The molecule has 0 unspecified atom stereocenters. The Labute approximate surface area is 190 Å². The number of anilines is 2. The van der Waals surface area contributed by atoms with Crippen molar-refractivity contribution >= 4 is 40.6 Å². The van der Waals surface area contributed by atoms with E-state index in [4.69, 9.17) is 9.47 Å². The lowest BCUT2D eigenvalue weighted by Gasteiger charge is -2.37. The van der Waals surface area contributed by atoms with Crippen molar-refractivity contribution in [1.29, 1.82) is 0 Å². The Morgan fingerprint density at radius 2 is 1.91 bits per heavy atom. The van der Waals surface area contributed by atoms with Gasteiger partial charge in [-0.25, -0.2) is 4.79 Å². The molecule has 2 heterocycles. The molecule has 3 rings (SSSR count). The third-order valence-corrected chi connectivity index (χ3v) is 6.25. The molecule has 32 heavy (non-hydrogen) atoms. The summed E-state index contributed by atoms with van der Waals surface area (Å²) in [7, 11) is 2.90. The van der Waals surface area contributed by atoms with E-state index in [0.717, 1.165) is 35.9 Å². The van der Waals surface area contributed by atoms with Crippen molar-refractivity contribution < 1.29 is 29.0 Å². The Balaban J connectivity index is 1.53. The zero-order valence-corrected chi connectivity index (χ0v) is 18.9. The smallest absolute Gasteiger partial charge is 0.350 e. The minimum Gasteiger partial charge on any atom is -0.497 e. The second kappa shape index (κ2) is 11.0. The lowest BCUT2D eigenvalue weighted by atomic mass is 10.0. The molecule has 0 aliphatic carbocycles. The van der Waals surface area contributed by atoms with Crippen LogP contribution in [0.15, 0.2) is 35.7 Å². The summed E-state index contributed by atoms with van der Waals surface area (Å²) in [6.07, 6.45) is -0.179. The van der Waals surface area contributed by atoms with Gasteiger partial charge in [0.2, 0.25) is 5.91 Å². The number of hydrogen-bond donors (Lipinski definition) is 2. The average Bonchev–Trinajstić information content (AvgIpc) is 3.26. The molecule has 1 aliphatic rings. The highest BCUT2D eigenvalue weighted by molar-refractivity contribution is 7.12. The van der Waals surface area contributed by atoms with Gasteiger partial charge in [-0.05, 0) is 23.6 Å². The Bertz CT molecular complexity index is 955. The summed E-state index contributed by atoms with van der Waals surface area (Å²) >= 11 is 1.15. The zero-order chi connectivity index (χ0) is 23.1. The monoisotopic (exact) mass is 461 g/mol. The van der Waals surface area contributed by atoms with Gasteiger partial charge in [-0.1, -0.05) is 6.07 Å². The molecule has 1 aliphatic heterocycles. The molecule has 9 nitrogen and oxygen atoms in total. The Morgan fingerprint density at radius 1 is 1.16 bits per heavy atom. The van der Waals surface area contributed by atoms with Crippen LogP contribution < -0.4 is 15.0 Å². The van der Waals surface area contributed by atoms with Crippen molar-refractivity contribution in [2.24, 2.45) is 5.92 Å². The van der Waals surface area contributed by atoms with Gasteiger partial charge in [0.1, 0.15) is 10.6 Å². The van der Waals surface area contributed by atoms with E-state index in [9.17, 15) is 19.5 Å². The molecule has 1 amide bonds. The van der Waals surface area contributed by atoms with Gasteiger partial charge in [0.25, 0.3) is 0 Å². The first-order chi connectivity index (χ1) is 15.4. The van der Waals surface area contributed by atoms with Crippen LogP contribution in [0, 0.1) is 5.92 Å². The van der Waals surface area contributed by atoms with Crippen molar-refractivity contribution in [3.63, 3.8) is 0 Å². The third-order valence-electron chi connectivity index (χ3n) is 5.36. The predicted octanol–water partition coefficient (Wildman–Crippen LogP) is 2.39. The Hall–Kier alpha value is -3.11. The summed E-state index contributed by atoms with van der Waals surface area (Å²) in [5, 5.41) is 13.9. The number of carboxylic acids is 1. The van der Waals surface area contributed by atoms with Gasteiger partial charge >= 0.3 is 11.9 Å². The van der Waals surface area contributed by atoms with E-state index in [1.165, 1.54) is 7.11 Å². The van der Waals surface area contributed by atoms with Crippen LogP contribution in [0.3, 0.4) is 0 Å². The van der Waals surface area contributed by atoms with Crippen molar-refractivity contribution in [2.75, 3.05) is 57.2 Å². The number of methoxy groups -OCH3 is 2. The van der Waals surface area contributed by atoms with Crippen LogP contribution in [0.5, 0.6) is 5.75 Å². The standard InChI is InChI=1S/C22H27N3O6S/c1-30-17-5-3-4-16(13-17)25-9-7-24(8-10-25)14-15(21(27)28)12-19(26)23-18-6-11-32-20(18)22(29)31-2/h3-6,11,13,15H,7-10,12,14H2,1-2H3,(H,23,26)(H,27,28)/t15-/m1/s1. The summed E-state index contributed by atoms with van der Waals surface area (Å²) in [4.78, 5) is 40.6. The third kappa shape index (κ3) is 5.98. The molecule has 0 spiro atoms. The molecule has 2 N–H and O–H groups in total. The van der Waals surface area contributed by atoms with E-state index in [1.54, 1.807) is 18.6 Å². The Morgan fingerprint density at radius 3 is 2.56 bits per heavy atom. The first kappa shape index (κ1) is 23.6. The van der Waals surface area contributed by atoms with Crippen LogP contribution in [0.1, 0.15) is 16.1 Å². The number of thiophene rings is 1. The fourth-order valence-electron chi connectivity index (χ4n) is 3.62. The van der Waals surface area contributed by atoms with Crippen LogP contribution >= 0.6 is 11.3 Å². The highest BCUT2D eigenvalue weighted by atomic mass is 32.1. The van der Waals surface area contributed by atoms with E-state index >= 15 is 0 Å². The molecule has 1 fully saturated rings. The normalized spacial score (nSPS) is 15.1. The number of carbonyl (C=O) groups is 3. The summed E-state index contributed by atoms with van der Waals surface area (Å²) in [6, 6.07) is 9.44. The van der Waals surface area contributed by atoms with Crippen molar-refractivity contribution in [3.8, 4) is 5.75 Å². The number of nitrogens with one attached hydrogen (secondary N) is 1. The lowest BCUT2D eigenvalue weighted by molar-refractivity contribution is -0.144. The predicted molar refractivity (Wildman–Crippen MR) is 122 cm³/mol. The summed E-state index contributed by atoms with van der Waals surface area (Å²) in [6.45, 7) is 3.17. The minimum absolute atomic E-state index is 0.179. The number of benzene rings is 1. The van der Waals surface area contributed by atoms with Crippen LogP contribution in [0.25, 0.3) is 0 Å². The molecule has 1 aromatic carbocycles. The maximum atomic E-state index is 12.5. The maximum absolute atomic E-state index is 12.5. The van der Waals surface area contributed by atoms with Gasteiger partial charge in [0, 0.05) is 50.9 Å². The van der Waals surface area contributed by atoms with Crippen molar-refractivity contribution in [2.45, 2.75) is 6.42 Å². The first-order valence-electron chi connectivity index (χ1n) is 10.2. The van der Waals surface area contributed by atoms with Gasteiger partial charge in [0.05, 0.1) is 25.8 Å². The number of piperazine rings is 1. The number of esters is 1. The number of aliphatic carboxylic acids is 1. The number of amides is 1. The molecule has 1 aromatic heterocycles. The molecule has 172 valence electrons. The molecule has 1 saturated heterocycles. The van der Waals surface area contributed by atoms with Crippen LogP contribution in [0.2, 0.25) is 0 Å². The number of carboxylic acid groups (broad SMARTS) is 1. The number of rotatable bonds is 9. The molecule has 1 atom stereocenters. The fourth-order valence-corrected chi connectivity index (χ4v) is 4.39. The topological polar surface area (TPSA) is 108 Å². The lowest BCUT2D eigenvalue weighted by Crippen LogP contribution is -2.48. The van der Waals surface area contributed by atoms with Crippen molar-refractivity contribution in [3.05, 3.63) is 40.6 Å². The van der Waals surface area contributed by atoms with E-state index < -0.39 is 23.8 Å². The number of nitrogens with zero attached hydrogens (tertiary/aromatic N) is 2. The number of hydrogen-bond acceptors (Lipinski definition) is 8. The van der Waals surface area contributed by atoms with Crippen LogP contribution in [0.4, 0.5) is 11.4 Å². The number of ether oxygens (including phenoxy) is 2. The summed E-state index contributed by atoms with van der Waals surface area (Å²) in [5.74, 6) is -2.06. The number of carbonyl (C=O) groups excluding carboxylic acids is 2. The summed E-state index contributed by atoms with van der Waals surface area (Å²) < 4.78 is 9.98. The second-order valence-corrected chi connectivity index (χ2v) is 8.35. The molecular formula is C22H27N3O6S. The first-order valence-corrected chi connectivity index (χ1v) is 11.1. The van der Waals surface area contributed by atoms with E-state index in [2.05, 4.69) is 15.1 Å². The van der Waals surface area contributed by atoms with Crippen LogP contribution in [-0.2, 0) is 14.3 Å². The molecule has 10 heteroatoms. The SMILES string of the molecule is COC(=O)c1sccc1NC(=O)C[C@H](CN1CCN(c2cccc(OC)c2)CC1)C(=O)O. The Kier molecular flexibility index (Phi) is 8.07. The zero-order valence-electron chi connectivity index (χ0n) is 18.1. The van der Waals surface area contributed by atoms with E-state index in [-0.39, 0.29) is 17.8 Å². The van der Waals surface area contributed by atoms with Gasteiger partial charge in [-0.2, -0.15) is 0 Å². The van der Waals surface area contributed by atoms with Gasteiger partial charge in [-0.3, -0.25) is 14.5 Å². The summed E-state index contributed by atoms with van der Waals surface area (Å²) in [5.41, 5.74) is 1.40. The molecule has 0 radical (unpaired) electrons. The van der Waals surface area contributed by atoms with E-state index in [1.807, 2.05) is 24.3 Å². The maximum Gasteiger partial charge on any atom is 0.350 e. The van der Waals surface area contributed by atoms with Gasteiger partial charge in [0.15, 0.2) is 0 Å². The van der Waals surface area contributed by atoms with Gasteiger partial charge < -0.3 is 24.8 Å². The fraction of sp³-hybridized carbons (Fsp3) is 0.409. The van der Waals surface area contributed by atoms with Crippen molar-refractivity contribution in [1.82, 2.24) is 4.90 Å². The highest BCUT2D eigenvalue weighted by Gasteiger charge is 2.27. The molecule has 0 saturated carbocycles. The molecular weight excluding hydrogens is 434 g/mol. The minimum atomic E-state index is -1.02. The van der Waals surface area contributed by atoms with Crippen LogP contribution in [-0.4, -0.2) is 74.8 Å². The average molecular weight is 462 g/mol. The second-order valence-electron chi connectivity index (χ2n) is 7.43. The quantitative estimate of drug-likeness (QED) is 0.548. The van der Waals surface area contributed by atoms with Gasteiger partial charge in [-0.15, -0.1) is 11.3 Å².